The SMILES string of the molecule is CC(C)c1cc(C(=O)N2CCC(C(=O)N3CCCCC3)CC2)nn1C(C)(C)C. The number of carbonyl (C=O) groups is 2. The molecule has 6 nitrogen and oxygen atoms in total. The number of nitrogens with zero attached hydrogens (tertiary/aromatic N) is 4. The van der Waals surface area contributed by atoms with Gasteiger partial charge in [-0.3, -0.25) is 14.3 Å². The Morgan fingerprint density at radius 2 is 1.61 bits per heavy atom. The molecule has 2 aliphatic heterocycles. The number of amides is 2. The van der Waals surface area contributed by atoms with Gasteiger partial charge < -0.3 is 9.80 Å². The van der Waals surface area contributed by atoms with Crippen molar-refractivity contribution >= 4 is 11.8 Å². The summed E-state index contributed by atoms with van der Waals surface area (Å²) < 4.78 is 1.98. The Morgan fingerprint density at radius 3 is 2.11 bits per heavy atom. The van der Waals surface area contributed by atoms with Gasteiger partial charge in [-0.05, 0) is 64.9 Å². The van der Waals surface area contributed by atoms with E-state index in [1.54, 1.807) is 0 Å². The lowest BCUT2D eigenvalue weighted by Gasteiger charge is -2.35. The molecule has 1 aromatic rings. The van der Waals surface area contributed by atoms with Gasteiger partial charge in [-0.1, -0.05) is 13.8 Å². The average molecular weight is 389 g/mol. The lowest BCUT2D eigenvalue weighted by atomic mass is 9.94. The van der Waals surface area contributed by atoms with Gasteiger partial charge >= 0.3 is 0 Å². The molecule has 6 heteroatoms. The summed E-state index contributed by atoms with van der Waals surface area (Å²) >= 11 is 0. The molecule has 0 N–H and O–H groups in total. The number of likely N-dealkylation sites (tertiary alicyclic amines) is 2. The summed E-state index contributed by atoms with van der Waals surface area (Å²) in [6, 6.07) is 1.95. The highest BCUT2D eigenvalue weighted by Crippen LogP contribution is 2.26. The highest BCUT2D eigenvalue weighted by molar-refractivity contribution is 5.92. The molecule has 2 amide bonds. The lowest BCUT2D eigenvalue weighted by molar-refractivity contribution is -0.137. The van der Waals surface area contributed by atoms with Gasteiger partial charge in [0, 0.05) is 37.8 Å². The van der Waals surface area contributed by atoms with Crippen molar-refractivity contribution in [3.05, 3.63) is 17.5 Å². The third kappa shape index (κ3) is 4.41. The highest BCUT2D eigenvalue weighted by Gasteiger charge is 2.32. The van der Waals surface area contributed by atoms with Crippen molar-refractivity contribution in [2.45, 2.75) is 78.2 Å². The second-order valence-electron chi connectivity index (χ2n) is 9.64. The van der Waals surface area contributed by atoms with E-state index in [2.05, 4.69) is 39.7 Å². The molecular weight excluding hydrogens is 352 g/mol. The summed E-state index contributed by atoms with van der Waals surface area (Å²) in [4.78, 5) is 29.7. The van der Waals surface area contributed by atoms with Crippen molar-refractivity contribution in [3.8, 4) is 0 Å². The molecule has 3 rings (SSSR count). The zero-order valence-corrected chi connectivity index (χ0v) is 18.2. The smallest absolute Gasteiger partial charge is 0.274 e. The van der Waals surface area contributed by atoms with Crippen LogP contribution in [0, 0.1) is 5.92 Å². The van der Waals surface area contributed by atoms with E-state index in [-0.39, 0.29) is 17.4 Å². The van der Waals surface area contributed by atoms with Crippen molar-refractivity contribution in [3.63, 3.8) is 0 Å². The number of hydrogen-bond acceptors (Lipinski definition) is 3. The molecule has 0 unspecified atom stereocenters. The van der Waals surface area contributed by atoms with Crippen LogP contribution in [0.4, 0.5) is 0 Å². The van der Waals surface area contributed by atoms with Crippen molar-refractivity contribution in [2.24, 2.45) is 5.92 Å². The fraction of sp³-hybridized carbons (Fsp3) is 0.773. The highest BCUT2D eigenvalue weighted by atomic mass is 16.2. The summed E-state index contributed by atoms with van der Waals surface area (Å²) in [6.07, 6.45) is 5.00. The van der Waals surface area contributed by atoms with Crippen molar-refractivity contribution in [1.29, 1.82) is 0 Å². The first kappa shape index (κ1) is 20.9. The van der Waals surface area contributed by atoms with Gasteiger partial charge in [0.25, 0.3) is 5.91 Å². The third-order valence-electron chi connectivity index (χ3n) is 5.98. The topological polar surface area (TPSA) is 58.4 Å². The zero-order valence-electron chi connectivity index (χ0n) is 18.2. The molecule has 0 radical (unpaired) electrons. The average Bonchev–Trinajstić information content (AvgIpc) is 3.14. The second-order valence-corrected chi connectivity index (χ2v) is 9.64. The van der Waals surface area contributed by atoms with Gasteiger partial charge in [0.1, 0.15) is 0 Å². The Labute approximate surface area is 169 Å². The first-order valence-corrected chi connectivity index (χ1v) is 10.9. The molecule has 0 bridgehead atoms. The molecule has 2 aliphatic rings. The maximum atomic E-state index is 13.0. The maximum absolute atomic E-state index is 13.0. The molecule has 28 heavy (non-hydrogen) atoms. The molecule has 2 fully saturated rings. The number of aromatic nitrogens is 2. The van der Waals surface area contributed by atoms with Crippen LogP contribution >= 0.6 is 0 Å². The Bertz CT molecular complexity index is 703. The Balaban J connectivity index is 1.64. The van der Waals surface area contributed by atoms with E-state index < -0.39 is 0 Å². The number of rotatable bonds is 3. The molecule has 2 saturated heterocycles. The van der Waals surface area contributed by atoms with E-state index in [4.69, 9.17) is 0 Å². The van der Waals surface area contributed by atoms with Crippen LogP contribution in [-0.2, 0) is 10.3 Å². The Kier molecular flexibility index (Phi) is 6.15. The molecule has 3 heterocycles. The van der Waals surface area contributed by atoms with Crippen molar-refractivity contribution in [2.75, 3.05) is 26.2 Å². The lowest BCUT2D eigenvalue weighted by Crippen LogP contribution is -2.45. The van der Waals surface area contributed by atoms with Crippen LogP contribution in [0.1, 0.15) is 88.8 Å². The first-order chi connectivity index (χ1) is 13.2. The first-order valence-electron chi connectivity index (χ1n) is 10.9. The van der Waals surface area contributed by atoms with Gasteiger partial charge in [0.15, 0.2) is 5.69 Å². The molecule has 0 aliphatic carbocycles. The third-order valence-corrected chi connectivity index (χ3v) is 5.98. The van der Waals surface area contributed by atoms with Gasteiger partial charge in [0.2, 0.25) is 5.91 Å². The van der Waals surface area contributed by atoms with Gasteiger partial charge in [-0.2, -0.15) is 5.10 Å². The number of hydrogen-bond donors (Lipinski definition) is 0. The molecule has 0 aromatic carbocycles. The van der Waals surface area contributed by atoms with Gasteiger partial charge in [0.05, 0.1) is 5.54 Å². The predicted octanol–water partition coefficient (Wildman–Crippen LogP) is 3.63. The van der Waals surface area contributed by atoms with Crippen LogP contribution in [0.2, 0.25) is 0 Å². The predicted molar refractivity (Wildman–Crippen MR) is 110 cm³/mol. The fourth-order valence-corrected chi connectivity index (χ4v) is 4.31. The van der Waals surface area contributed by atoms with Crippen LogP contribution in [-0.4, -0.2) is 57.6 Å². The number of piperidine rings is 2. The number of carbonyl (C=O) groups excluding carboxylic acids is 2. The minimum atomic E-state index is -0.161. The van der Waals surface area contributed by atoms with E-state index in [1.165, 1.54) is 6.42 Å². The van der Waals surface area contributed by atoms with E-state index in [1.807, 2.05) is 20.5 Å². The minimum absolute atomic E-state index is 0.00577. The van der Waals surface area contributed by atoms with E-state index in [0.717, 1.165) is 44.5 Å². The molecular formula is C22H36N4O2. The van der Waals surface area contributed by atoms with Crippen molar-refractivity contribution in [1.82, 2.24) is 19.6 Å². The largest absolute Gasteiger partial charge is 0.342 e. The summed E-state index contributed by atoms with van der Waals surface area (Å²) in [5.41, 5.74) is 1.46. The minimum Gasteiger partial charge on any atom is -0.342 e. The monoisotopic (exact) mass is 388 g/mol. The molecule has 1 aromatic heterocycles. The Hall–Kier alpha value is -1.85. The fourth-order valence-electron chi connectivity index (χ4n) is 4.31. The molecule has 156 valence electrons. The maximum Gasteiger partial charge on any atom is 0.274 e. The van der Waals surface area contributed by atoms with Crippen LogP contribution in [0.25, 0.3) is 0 Å². The zero-order chi connectivity index (χ0) is 20.5. The van der Waals surface area contributed by atoms with E-state index in [0.29, 0.717) is 30.6 Å². The van der Waals surface area contributed by atoms with E-state index in [9.17, 15) is 9.59 Å². The molecule has 0 saturated carbocycles. The molecule has 0 spiro atoms. The van der Waals surface area contributed by atoms with Crippen LogP contribution in [0.3, 0.4) is 0 Å². The summed E-state index contributed by atoms with van der Waals surface area (Å²) in [6.45, 7) is 13.7. The summed E-state index contributed by atoms with van der Waals surface area (Å²) in [7, 11) is 0. The van der Waals surface area contributed by atoms with E-state index >= 15 is 0 Å². The standard InChI is InChI=1S/C22H36N4O2/c1-16(2)19-15-18(23-26(19)22(3,4)5)21(28)25-13-9-17(10-14-25)20(27)24-11-7-6-8-12-24/h15-17H,6-14H2,1-5H3. The van der Waals surface area contributed by atoms with Crippen LogP contribution < -0.4 is 0 Å². The van der Waals surface area contributed by atoms with Gasteiger partial charge in [-0.25, -0.2) is 0 Å². The van der Waals surface area contributed by atoms with Gasteiger partial charge in [-0.15, -0.1) is 0 Å². The van der Waals surface area contributed by atoms with Crippen LogP contribution in [0.15, 0.2) is 6.07 Å². The van der Waals surface area contributed by atoms with Crippen molar-refractivity contribution < 1.29 is 9.59 Å². The summed E-state index contributed by atoms with van der Waals surface area (Å²) in [5.74, 6) is 0.668. The Morgan fingerprint density at radius 1 is 1.00 bits per heavy atom. The summed E-state index contributed by atoms with van der Waals surface area (Å²) in [5, 5.41) is 4.66. The molecule has 0 atom stereocenters. The normalized spacial score (nSPS) is 19.4. The van der Waals surface area contributed by atoms with Crippen LogP contribution in [0.5, 0.6) is 0 Å². The quantitative estimate of drug-likeness (QED) is 0.794. The second kappa shape index (κ2) is 8.26.